The van der Waals surface area contributed by atoms with Gasteiger partial charge in [0.25, 0.3) is 0 Å². The van der Waals surface area contributed by atoms with Crippen LogP contribution in [0.25, 0.3) is 0 Å². The maximum Gasteiger partial charge on any atom is 0.223 e. The van der Waals surface area contributed by atoms with E-state index in [-0.39, 0.29) is 5.95 Å². The Labute approximate surface area is 124 Å². The van der Waals surface area contributed by atoms with Gasteiger partial charge in [-0.25, -0.2) is 4.98 Å². The quantitative estimate of drug-likeness (QED) is 0.715. The van der Waals surface area contributed by atoms with Crippen molar-refractivity contribution in [2.45, 2.75) is 19.9 Å². The number of anilines is 3. The summed E-state index contributed by atoms with van der Waals surface area (Å²) >= 11 is 0. The highest BCUT2D eigenvalue weighted by Gasteiger charge is 2.03. The van der Waals surface area contributed by atoms with Crippen LogP contribution in [0.1, 0.15) is 18.9 Å². The molecule has 0 aliphatic heterocycles. The Morgan fingerprint density at radius 1 is 1.19 bits per heavy atom. The van der Waals surface area contributed by atoms with Crippen LogP contribution in [-0.2, 0) is 6.54 Å². The van der Waals surface area contributed by atoms with E-state index >= 15 is 0 Å². The van der Waals surface area contributed by atoms with Crippen molar-refractivity contribution in [2.24, 2.45) is 0 Å². The molecule has 0 fully saturated rings. The van der Waals surface area contributed by atoms with E-state index in [4.69, 9.17) is 10.5 Å². The van der Waals surface area contributed by atoms with Crippen LogP contribution in [0.15, 0.2) is 24.4 Å². The fraction of sp³-hybridized carbons (Fsp3) is 0.357. The van der Waals surface area contributed by atoms with Crippen molar-refractivity contribution >= 4 is 17.6 Å². The van der Waals surface area contributed by atoms with E-state index in [0.717, 1.165) is 24.3 Å². The fourth-order valence-electron chi connectivity index (χ4n) is 1.76. The smallest absolute Gasteiger partial charge is 0.223 e. The Hall–Kier alpha value is -2.57. The lowest BCUT2D eigenvalue weighted by Gasteiger charge is -2.10. The first-order valence-electron chi connectivity index (χ1n) is 6.82. The second-order valence-corrected chi connectivity index (χ2v) is 4.48. The summed E-state index contributed by atoms with van der Waals surface area (Å²) in [5, 5.41) is 6.41. The Morgan fingerprint density at radius 3 is 2.67 bits per heavy atom. The van der Waals surface area contributed by atoms with Crippen LogP contribution in [0.4, 0.5) is 17.6 Å². The Morgan fingerprint density at radius 2 is 1.95 bits per heavy atom. The molecule has 0 aliphatic rings. The highest BCUT2D eigenvalue weighted by molar-refractivity contribution is 5.51. The Bertz CT molecular complexity index is 589. The zero-order valence-corrected chi connectivity index (χ0v) is 12.3. The summed E-state index contributed by atoms with van der Waals surface area (Å²) in [7, 11) is 1.59. The van der Waals surface area contributed by atoms with Gasteiger partial charge in [0, 0.05) is 31.4 Å². The van der Waals surface area contributed by atoms with Gasteiger partial charge in [-0.15, -0.1) is 0 Å². The van der Waals surface area contributed by atoms with Crippen molar-refractivity contribution in [2.75, 3.05) is 30.0 Å². The molecular formula is C14H20N6O. The Balaban J connectivity index is 2.03. The molecule has 7 heteroatoms. The summed E-state index contributed by atoms with van der Waals surface area (Å²) in [5.74, 6) is 2.23. The van der Waals surface area contributed by atoms with Gasteiger partial charge in [0.1, 0.15) is 11.6 Å². The molecule has 2 rings (SSSR count). The van der Waals surface area contributed by atoms with Crippen LogP contribution in [0.3, 0.4) is 0 Å². The Kier molecular flexibility index (Phi) is 5.14. The minimum Gasteiger partial charge on any atom is -0.481 e. The van der Waals surface area contributed by atoms with E-state index in [0.29, 0.717) is 18.2 Å². The molecule has 0 aromatic carbocycles. The summed E-state index contributed by atoms with van der Waals surface area (Å²) in [6.07, 6.45) is 2.72. The number of nitrogen functional groups attached to an aromatic ring is 1. The highest BCUT2D eigenvalue weighted by Crippen LogP contribution is 2.15. The predicted molar refractivity (Wildman–Crippen MR) is 83.3 cm³/mol. The van der Waals surface area contributed by atoms with Gasteiger partial charge in [-0.3, -0.25) is 0 Å². The zero-order chi connectivity index (χ0) is 15.1. The molecule has 2 aromatic heterocycles. The van der Waals surface area contributed by atoms with E-state index in [2.05, 4.69) is 32.5 Å². The molecule has 4 N–H and O–H groups in total. The molecule has 0 unspecified atom stereocenters. The number of nitrogens with two attached hydrogens (primary N) is 1. The minimum absolute atomic E-state index is 0.242. The van der Waals surface area contributed by atoms with Crippen LogP contribution in [0.2, 0.25) is 0 Å². The van der Waals surface area contributed by atoms with E-state index < -0.39 is 0 Å². The fourth-order valence-corrected chi connectivity index (χ4v) is 1.76. The van der Waals surface area contributed by atoms with E-state index in [1.807, 2.05) is 18.2 Å². The maximum atomic E-state index is 5.71. The van der Waals surface area contributed by atoms with Crippen molar-refractivity contribution in [3.63, 3.8) is 0 Å². The van der Waals surface area contributed by atoms with Crippen molar-refractivity contribution in [3.05, 3.63) is 30.0 Å². The molecule has 0 atom stereocenters. The summed E-state index contributed by atoms with van der Waals surface area (Å²) in [6.45, 7) is 3.54. The lowest BCUT2D eigenvalue weighted by atomic mass is 10.2. The van der Waals surface area contributed by atoms with E-state index in [9.17, 15) is 0 Å². The SMILES string of the molecule is CCCNc1cc(NCc2ccnc(OC)c2)nc(N)n1. The molecule has 0 saturated carbocycles. The van der Waals surface area contributed by atoms with Crippen molar-refractivity contribution in [1.82, 2.24) is 15.0 Å². The predicted octanol–water partition coefficient (Wildman–Crippen LogP) is 1.90. The van der Waals surface area contributed by atoms with Gasteiger partial charge in [-0.1, -0.05) is 6.92 Å². The first kappa shape index (κ1) is 14.8. The number of hydrogen-bond donors (Lipinski definition) is 3. The number of ether oxygens (including phenoxy) is 1. The van der Waals surface area contributed by atoms with Crippen molar-refractivity contribution < 1.29 is 4.74 Å². The molecular weight excluding hydrogens is 268 g/mol. The van der Waals surface area contributed by atoms with Gasteiger partial charge in [-0.05, 0) is 18.1 Å². The maximum absolute atomic E-state index is 5.71. The summed E-state index contributed by atoms with van der Waals surface area (Å²) in [5.41, 5.74) is 6.76. The summed E-state index contributed by atoms with van der Waals surface area (Å²) < 4.78 is 5.09. The second kappa shape index (κ2) is 7.28. The van der Waals surface area contributed by atoms with Crippen LogP contribution >= 0.6 is 0 Å². The lowest BCUT2D eigenvalue weighted by Crippen LogP contribution is -2.08. The largest absolute Gasteiger partial charge is 0.481 e. The number of pyridine rings is 1. The standard InChI is InChI=1S/C14H20N6O/c1-3-5-16-11-8-12(20-14(15)19-11)18-9-10-4-6-17-13(7-10)21-2/h4,6-8H,3,5,9H2,1-2H3,(H4,15,16,18,19,20). The molecule has 112 valence electrons. The first-order chi connectivity index (χ1) is 10.2. The van der Waals surface area contributed by atoms with Gasteiger partial charge in [0.05, 0.1) is 7.11 Å². The first-order valence-corrected chi connectivity index (χ1v) is 6.82. The second-order valence-electron chi connectivity index (χ2n) is 4.48. The third-order valence-electron chi connectivity index (χ3n) is 2.78. The summed E-state index contributed by atoms with van der Waals surface area (Å²) in [4.78, 5) is 12.4. The van der Waals surface area contributed by atoms with Gasteiger partial charge in [0.2, 0.25) is 11.8 Å². The molecule has 0 amide bonds. The molecule has 0 aliphatic carbocycles. The molecule has 7 nitrogen and oxygen atoms in total. The number of aromatic nitrogens is 3. The molecule has 2 heterocycles. The molecule has 21 heavy (non-hydrogen) atoms. The van der Waals surface area contributed by atoms with Crippen LogP contribution in [0, 0.1) is 0 Å². The summed E-state index contributed by atoms with van der Waals surface area (Å²) in [6, 6.07) is 5.62. The van der Waals surface area contributed by atoms with Crippen LogP contribution in [-0.4, -0.2) is 28.6 Å². The van der Waals surface area contributed by atoms with Gasteiger partial charge >= 0.3 is 0 Å². The van der Waals surface area contributed by atoms with Gasteiger partial charge < -0.3 is 21.1 Å². The van der Waals surface area contributed by atoms with Crippen molar-refractivity contribution in [1.29, 1.82) is 0 Å². The zero-order valence-electron chi connectivity index (χ0n) is 12.3. The average Bonchev–Trinajstić information content (AvgIpc) is 2.50. The normalized spacial score (nSPS) is 10.2. The number of nitrogens with zero attached hydrogens (tertiary/aromatic N) is 3. The van der Waals surface area contributed by atoms with Gasteiger partial charge in [0.15, 0.2) is 0 Å². The molecule has 0 radical (unpaired) electrons. The third-order valence-corrected chi connectivity index (χ3v) is 2.78. The van der Waals surface area contributed by atoms with Crippen LogP contribution < -0.4 is 21.1 Å². The van der Waals surface area contributed by atoms with Crippen LogP contribution in [0.5, 0.6) is 5.88 Å². The number of methoxy groups -OCH3 is 1. The number of rotatable bonds is 7. The van der Waals surface area contributed by atoms with Gasteiger partial charge in [-0.2, -0.15) is 9.97 Å². The van der Waals surface area contributed by atoms with E-state index in [1.165, 1.54) is 0 Å². The lowest BCUT2D eigenvalue weighted by molar-refractivity contribution is 0.397. The monoisotopic (exact) mass is 288 g/mol. The molecule has 0 bridgehead atoms. The number of hydrogen-bond acceptors (Lipinski definition) is 7. The topological polar surface area (TPSA) is 98.0 Å². The minimum atomic E-state index is 0.242. The molecule has 0 spiro atoms. The molecule has 2 aromatic rings. The van der Waals surface area contributed by atoms with E-state index in [1.54, 1.807) is 13.3 Å². The highest BCUT2D eigenvalue weighted by atomic mass is 16.5. The number of nitrogens with one attached hydrogen (secondary N) is 2. The molecule has 0 saturated heterocycles. The van der Waals surface area contributed by atoms with Crippen molar-refractivity contribution in [3.8, 4) is 5.88 Å². The third kappa shape index (κ3) is 4.48. The average molecular weight is 288 g/mol.